The number of hydrogen-bond donors (Lipinski definition) is 0. The van der Waals surface area contributed by atoms with Crippen LogP contribution in [0.5, 0.6) is 11.5 Å². The van der Waals surface area contributed by atoms with Crippen molar-refractivity contribution in [3.05, 3.63) is 22.2 Å². The summed E-state index contributed by atoms with van der Waals surface area (Å²) in [5, 5.41) is 0. The maximum atomic E-state index is 13.2. The maximum Gasteiger partial charge on any atom is 0.410 e. The highest BCUT2D eigenvalue weighted by molar-refractivity contribution is 9.10. The summed E-state index contributed by atoms with van der Waals surface area (Å²) >= 11 is 3.39. The fraction of sp³-hybridized carbons (Fsp3) is 0.579. The second-order valence-electron chi connectivity index (χ2n) is 7.46. The van der Waals surface area contributed by atoms with Crippen molar-refractivity contribution in [1.29, 1.82) is 0 Å². The quantitative estimate of drug-likeness (QED) is 0.715. The number of piperazine rings is 1. The summed E-state index contributed by atoms with van der Waals surface area (Å²) in [7, 11) is 3.03. The van der Waals surface area contributed by atoms with Gasteiger partial charge in [-0.05, 0) is 39.8 Å². The topological polar surface area (TPSA) is 68.3 Å². The van der Waals surface area contributed by atoms with Gasteiger partial charge in [0.05, 0.1) is 14.2 Å². The molecule has 2 amide bonds. The molecule has 1 heterocycles. The maximum absolute atomic E-state index is 13.2. The molecule has 8 heteroatoms. The summed E-state index contributed by atoms with van der Waals surface area (Å²) in [5.74, 6) is 0.688. The van der Waals surface area contributed by atoms with Gasteiger partial charge >= 0.3 is 6.09 Å². The summed E-state index contributed by atoms with van der Waals surface area (Å²) < 4.78 is 17.0. The van der Waals surface area contributed by atoms with E-state index < -0.39 is 5.60 Å². The van der Waals surface area contributed by atoms with Crippen LogP contribution in [0.3, 0.4) is 0 Å². The van der Waals surface area contributed by atoms with Gasteiger partial charge in [-0.2, -0.15) is 0 Å². The monoisotopic (exact) mass is 442 g/mol. The van der Waals surface area contributed by atoms with Crippen molar-refractivity contribution in [2.75, 3.05) is 33.9 Å². The Bertz CT molecular complexity index is 692. The molecule has 0 unspecified atom stereocenters. The van der Waals surface area contributed by atoms with Gasteiger partial charge in [0, 0.05) is 30.1 Å². The summed E-state index contributed by atoms with van der Waals surface area (Å²) in [4.78, 5) is 28.9. The molecule has 1 aromatic carbocycles. The zero-order valence-corrected chi connectivity index (χ0v) is 18.3. The molecule has 0 aliphatic carbocycles. The lowest BCUT2D eigenvalue weighted by Gasteiger charge is -2.40. The number of ether oxygens (including phenoxy) is 3. The van der Waals surface area contributed by atoms with Crippen LogP contribution >= 0.6 is 15.9 Å². The number of carbonyl (C=O) groups is 2. The van der Waals surface area contributed by atoms with E-state index >= 15 is 0 Å². The number of hydrogen-bond acceptors (Lipinski definition) is 5. The SMILES string of the molecule is COc1cc(Br)cc(OC)c1C(=O)N1CCN(C(=O)OC(C)(C)C)C[C@H]1C. The molecular formula is C19H27BrN2O5. The molecule has 0 bridgehead atoms. The fourth-order valence-corrected chi connectivity index (χ4v) is 3.40. The molecule has 2 rings (SSSR count). The molecule has 7 nitrogen and oxygen atoms in total. The fourth-order valence-electron chi connectivity index (χ4n) is 2.99. The Morgan fingerprint density at radius 1 is 1.11 bits per heavy atom. The molecule has 1 aliphatic rings. The first kappa shape index (κ1) is 21.3. The Labute approximate surface area is 168 Å². The smallest absolute Gasteiger partial charge is 0.410 e. The van der Waals surface area contributed by atoms with Crippen molar-refractivity contribution in [2.24, 2.45) is 0 Å². The summed E-state index contributed by atoms with van der Waals surface area (Å²) in [6.45, 7) is 8.63. The van der Waals surface area contributed by atoms with Crippen LogP contribution in [0.1, 0.15) is 38.1 Å². The van der Waals surface area contributed by atoms with Crippen LogP contribution in [0.2, 0.25) is 0 Å². The first-order valence-electron chi connectivity index (χ1n) is 8.77. The van der Waals surface area contributed by atoms with Crippen LogP contribution < -0.4 is 9.47 Å². The molecule has 0 saturated carbocycles. The van der Waals surface area contributed by atoms with Gasteiger partial charge in [0.2, 0.25) is 0 Å². The number of rotatable bonds is 3. The predicted octanol–water partition coefficient (Wildman–Crippen LogP) is 3.55. The molecule has 1 saturated heterocycles. The number of amides is 2. The molecule has 0 radical (unpaired) electrons. The lowest BCUT2D eigenvalue weighted by Crippen LogP contribution is -2.56. The second-order valence-corrected chi connectivity index (χ2v) is 8.37. The van der Waals surface area contributed by atoms with E-state index in [1.807, 2.05) is 27.7 Å². The largest absolute Gasteiger partial charge is 0.496 e. The third kappa shape index (κ3) is 5.06. The van der Waals surface area contributed by atoms with E-state index in [0.29, 0.717) is 36.7 Å². The van der Waals surface area contributed by atoms with Gasteiger partial charge < -0.3 is 24.0 Å². The Morgan fingerprint density at radius 3 is 2.11 bits per heavy atom. The lowest BCUT2D eigenvalue weighted by atomic mass is 10.1. The van der Waals surface area contributed by atoms with E-state index in [1.165, 1.54) is 14.2 Å². The molecule has 150 valence electrons. The van der Waals surface area contributed by atoms with Gasteiger partial charge in [-0.15, -0.1) is 0 Å². The zero-order chi connectivity index (χ0) is 20.4. The van der Waals surface area contributed by atoms with Crippen LogP contribution in [0.15, 0.2) is 16.6 Å². The number of carbonyl (C=O) groups excluding carboxylic acids is 2. The van der Waals surface area contributed by atoms with E-state index in [9.17, 15) is 9.59 Å². The summed E-state index contributed by atoms with van der Waals surface area (Å²) in [6, 6.07) is 3.30. The number of halogens is 1. The van der Waals surface area contributed by atoms with E-state index in [1.54, 1.807) is 21.9 Å². The molecule has 27 heavy (non-hydrogen) atoms. The van der Waals surface area contributed by atoms with E-state index in [2.05, 4.69) is 15.9 Å². The van der Waals surface area contributed by atoms with Crippen molar-refractivity contribution in [1.82, 2.24) is 9.80 Å². The molecule has 1 atom stereocenters. The predicted molar refractivity (Wildman–Crippen MR) is 106 cm³/mol. The average Bonchev–Trinajstić information content (AvgIpc) is 2.58. The van der Waals surface area contributed by atoms with E-state index in [0.717, 1.165) is 4.47 Å². The normalized spacial score (nSPS) is 17.5. The molecule has 0 N–H and O–H groups in total. The molecule has 1 aromatic rings. The third-order valence-electron chi connectivity index (χ3n) is 4.22. The van der Waals surface area contributed by atoms with Crippen LogP contribution in [-0.2, 0) is 4.74 Å². The molecule has 0 spiro atoms. The second kappa shape index (κ2) is 8.37. The minimum absolute atomic E-state index is 0.170. The first-order valence-corrected chi connectivity index (χ1v) is 9.57. The standard InChI is InChI=1S/C19H27BrN2O5/c1-12-11-21(18(24)27-19(2,3)4)7-8-22(12)17(23)16-14(25-5)9-13(20)10-15(16)26-6/h9-10,12H,7-8,11H2,1-6H3/t12-/m1/s1. The number of nitrogens with zero attached hydrogens (tertiary/aromatic N) is 2. The Hall–Kier alpha value is -1.96. The van der Waals surface area contributed by atoms with Crippen LogP contribution in [0.25, 0.3) is 0 Å². The average molecular weight is 443 g/mol. The van der Waals surface area contributed by atoms with Gasteiger partial charge in [-0.3, -0.25) is 4.79 Å². The molecular weight excluding hydrogens is 416 g/mol. The van der Waals surface area contributed by atoms with Crippen LogP contribution in [0, 0.1) is 0 Å². The summed E-state index contributed by atoms with van der Waals surface area (Å²) in [6.07, 6.45) is -0.361. The Kier molecular flexibility index (Phi) is 6.62. The number of methoxy groups -OCH3 is 2. The molecule has 1 fully saturated rings. The minimum atomic E-state index is -0.550. The van der Waals surface area contributed by atoms with Gasteiger partial charge in [-0.25, -0.2) is 4.79 Å². The molecule has 1 aliphatic heterocycles. The van der Waals surface area contributed by atoms with Crippen molar-refractivity contribution in [3.8, 4) is 11.5 Å². The van der Waals surface area contributed by atoms with E-state index in [-0.39, 0.29) is 18.0 Å². The Balaban J connectivity index is 2.19. The highest BCUT2D eigenvalue weighted by Crippen LogP contribution is 2.34. The van der Waals surface area contributed by atoms with Crippen LogP contribution in [-0.4, -0.2) is 67.3 Å². The van der Waals surface area contributed by atoms with Crippen molar-refractivity contribution >= 4 is 27.9 Å². The first-order chi connectivity index (χ1) is 12.6. The van der Waals surface area contributed by atoms with Gasteiger partial charge in [0.1, 0.15) is 22.7 Å². The minimum Gasteiger partial charge on any atom is -0.496 e. The van der Waals surface area contributed by atoms with Crippen molar-refractivity contribution in [2.45, 2.75) is 39.3 Å². The van der Waals surface area contributed by atoms with Crippen molar-refractivity contribution < 1.29 is 23.8 Å². The highest BCUT2D eigenvalue weighted by Gasteiger charge is 2.34. The van der Waals surface area contributed by atoms with E-state index in [4.69, 9.17) is 14.2 Å². The van der Waals surface area contributed by atoms with Gasteiger partial charge in [0.15, 0.2) is 0 Å². The van der Waals surface area contributed by atoms with Crippen molar-refractivity contribution in [3.63, 3.8) is 0 Å². The molecule has 0 aromatic heterocycles. The third-order valence-corrected chi connectivity index (χ3v) is 4.68. The van der Waals surface area contributed by atoms with Gasteiger partial charge in [0.25, 0.3) is 5.91 Å². The van der Waals surface area contributed by atoms with Crippen LogP contribution in [0.4, 0.5) is 4.79 Å². The van der Waals surface area contributed by atoms with Gasteiger partial charge in [-0.1, -0.05) is 15.9 Å². The lowest BCUT2D eigenvalue weighted by molar-refractivity contribution is 0.00604. The zero-order valence-electron chi connectivity index (χ0n) is 16.7. The Morgan fingerprint density at radius 2 is 1.67 bits per heavy atom. The number of benzene rings is 1. The summed E-state index contributed by atoms with van der Waals surface area (Å²) in [5.41, 5.74) is -0.174. The highest BCUT2D eigenvalue weighted by atomic mass is 79.9.